The zero-order valence-electron chi connectivity index (χ0n) is 11.2. The molecule has 0 aliphatic carbocycles. The van der Waals surface area contributed by atoms with E-state index in [0.717, 1.165) is 5.69 Å². The number of anilines is 1. The Kier molecular flexibility index (Phi) is 3.84. The maximum Gasteiger partial charge on any atom is 0.328 e. The predicted molar refractivity (Wildman–Crippen MR) is 73.7 cm³/mol. The molecule has 1 amide bonds. The van der Waals surface area contributed by atoms with E-state index in [1.807, 2.05) is 30.3 Å². The third kappa shape index (κ3) is 2.69. The van der Waals surface area contributed by atoms with E-state index < -0.39 is 12.0 Å². The van der Waals surface area contributed by atoms with Gasteiger partial charge in [0, 0.05) is 18.9 Å². The Morgan fingerprint density at radius 2 is 1.95 bits per heavy atom. The second-order valence-electron chi connectivity index (χ2n) is 4.42. The fraction of sp³-hybridized carbons (Fsp3) is 0.214. The first-order valence-electron chi connectivity index (χ1n) is 6.10. The van der Waals surface area contributed by atoms with E-state index in [1.165, 1.54) is 28.9 Å². The minimum Gasteiger partial charge on any atom is -0.480 e. The number of carbonyl (C=O) groups is 2. The van der Waals surface area contributed by atoms with Gasteiger partial charge < -0.3 is 10.0 Å². The van der Waals surface area contributed by atoms with Crippen LogP contribution in [0.15, 0.2) is 42.7 Å². The topological polar surface area (TPSA) is 75.4 Å². The number of hydrogen-bond donors (Lipinski definition) is 1. The largest absolute Gasteiger partial charge is 0.480 e. The molecule has 2 aromatic rings. The molecular weight excluding hydrogens is 258 g/mol. The second kappa shape index (κ2) is 5.56. The van der Waals surface area contributed by atoms with E-state index in [0.29, 0.717) is 5.56 Å². The summed E-state index contributed by atoms with van der Waals surface area (Å²) in [5, 5.41) is 12.8. The van der Waals surface area contributed by atoms with Crippen LogP contribution in [0.1, 0.15) is 23.3 Å². The minimum atomic E-state index is -0.997. The number of rotatable bonds is 4. The summed E-state index contributed by atoms with van der Waals surface area (Å²) in [5.74, 6) is -1.23. The lowest BCUT2D eigenvalue weighted by Crippen LogP contribution is -2.25. The molecule has 1 atom stereocenters. The summed E-state index contributed by atoms with van der Waals surface area (Å²) in [7, 11) is 1.66. The van der Waals surface area contributed by atoms with Gasteiger partial charge in [-0.3, -0.25) is 9.48 Å². The fourth-order valence-corrected chi connectivity index (χ4v) is 1.74. The Morgan fingerprint density at radius 3 is 2.55 bits per heavy atom. The van der Waals surface area contributed by atoms with Crippen molar-refractivity contribution < 1.29 is 14.7 Å². The van der Waals surface area contributed by atoms with Crippen LogP contribution in [-0.2, 0) is 4.79 Å². The highest BCUT2D eigenvalue weighted by Crippen LogP contribution is 2.15. The van der Waals surface area contributed by atoms with Crippen LogP contribution in [0.4, 0.5) is 5.69 Å². The molecule has 1 aromatic heterocycles. The summed E-state index contributed by atoms with van der Waals surface area (Å²) in [4.78, 5) is 24.6. The Morgan fingerprint density at radius 1 is 1.30 bits per heavy atom. The maximum atomic E-state index is 12.3. The van der Waals surface area contributed by atoms with Gasteiger partial charge in [-0.05, 0) is 19.1 Å². The Bertz CT molecular complexity index is 622. The zero-order valence-corrected chi connectivity index (χ0v) is 11.2. The van der Waals surface area contributed by atoms with Crippen LogP contribution < -0.4 is 4.90 Å². The molecule has 0 saturated carbocycles. The van der Waals surface area contributed by atoms with Crippen LogP contribution in [0.5, 0.6) is 0 Å². The van der Waals surface area contributed by atoms with Gasteiger partial charge in [0.15, 0.2) is 0 Å². The molecule has 0 aliphatic rings. The summed E-state index contributed by atoms with van der Waals surface area (Å²) in [6.45, 7) is 1.50. The van der Waals surface area contributed by atoms with Gasteiger partial charge in [-0.1, -0.05) is 18.2 Å². The van der Waals surface area contributed by atoms with Gasteiger partial charge >= 0.3 is 5.97 Å². The fourth-order valence-electron chi connectivity index (χ4n) is 1.74. The molecule has 0 bridgehead atoms. The summed E-state index contributed by atoms with van der Waals surface area (Å²) in [6.07, 6.45) is 2.82. The first-order valence-corrected chi connectivity index (χ1v) is 6.10. The van der Waals surface area contributed by atoms with Crippen LogP contribution in [0, 0.1) is 0 Å². The highest BCUT2D eigenvalue weighted by atomic mass is 16.4. The smallest absolute Gasteiger partial charge is 0.328 e. The molecule has 104 valence electrons. The average molecular weight is 273 g/mol. The number of carboxylic acid groups (broad SMARTS) is 1. The zero-order chi connectivity index (χ0) is 14.7. The van der Waals surface area contributed by atoms with Crippen molar-refractivity contribution in [1.82, 2.24) is 9.78 Å². The molecule has 6 heteroatoms. The summed E-state index contributed by atoms with van der Waals surface area (Å²) < 4.78 is 1.26. The van der Waals surface area contributed by atoms with E-state index in [-0.39, 0.29) is 5.91 Å². The van der Waals surface area contributed by atoms with Gasteiger partial charge in [0.25, 0.3) is 5.91 Å². The molecule has 1 aromatic carbocycles. The van der Waals surface area contributed by atoms with Gasteiger partial charge in [-0.2, -0.15) is 5.10 Å². The first kappa shape index (κ1) is 13.8. The van der Waals surface area contributed by atoms with Gasteiger partial charge in [-0.25, -0.2) is 4.79 Å². The SMILES string of the molecule is CC(C(=O)O)n1cc(C(=O)N(C)c2ccccc2)cn1. The first-order chi connectivity index (χ1) is 9.50. The monoisotopic (exact) mass is 273 g/mol. The standard InChI is InChI=1S/C14H15N3O3/c1-10(14(19)20)17-9-11(8-15-17)13(18)16(2)12-6-4-3-5-7-12/h3-10H,1-2H3,(H,19,20). The lowest BCUT2D eigenvalue weighted by molar-refractivity contribution is -0.140. The summed E-state index contributed by atoms with van der Waals surface area (Å²) in [6, 6.07) is 8.39. The molecule has 0 fully saturated rings. The van der Waals surface area contributed by atoms with Crippen LogP contribution in [0.3, 0.4) is 0 Å². The van der Waals surface area contributed by atoms with Crippen molar-refractivity contribution in [1.29, 1.82) is 0 Å². The lowest BCUT2D eigenvalue weighted by atomic mass is 10.2. The predicted octanol–water partition coefficient (Wildman–Crippen LogP) is 1.81. The number of aliphatic carboxylic acids is 1. The summed E-state index contributed by atoms with van der Waals surface area (Å²) >= 11 is 0. The molecule has 1 heterocycles. The Hall–Kier alpha value is -2.63. The van der Waals surface area contributed by atoms with E-state index >= 15 is 0 Å². The van der Waals surface area contributed by atoms with E-state index in [4.69, 9.17) is 5.11 Å². The van der Waals surface area contributed by atoms with Crippen molar-refractivity contribution >= 4 is 17.6 Å². The van der Waals surface area contributed by atoms with Crippen molar-refractivity contribution in [2.24, 2.45) is 0 Å². The number of amides is 1. The number of hydrogen-bond acceptors (Lipinski definition) is 3. The maximum absolute atomic E-state index is 12.3. The molecule has 0 radical (unpaired) electrons. The average Bonchev–Trinajstić information content (AvgIpc) is 2.95. The number of aromatic nitrogens is 2. The highest BCUT2D eigenvalue weighted by molar-refractivity contribution is 6.05. The number of nitrogens with zero attached hydrogens (tertiary/aromatic N) is 3. The second-order valence-corrected chi connectivity index (χ2v) is 4.42. The molecule has 0 aliphatic heterocycles. The Labute approximate surface area is 116 Å². The van der Waals surface area contributed by atoms with E-state index in [9.17, 15) is 9.59 Å². The van der Waals surface area contributed by atoms with Gasteiger partial charge in [-0.15, -0.1) is 0 Å². The molecule has 1 unspecified atom stereocenters. The number of para-hydroxylation sites is 1. The molecule has 1 N–H and O–H groups in total. The third-order valence-corrected chi connectivity index (χ3v) is 3.05. The molecule has 2 rings (SSSR count). The van der Waals surface area contributed by atoms with E-state index in [2.05, 4.69) is 5.10 Å². The van der Waals surface area contributed by atoms with Crippen molar-refractivity contribution in [3.63, 3.8) is 0 Å². The minimum absolute atomic E-state index is 0.236. The van der Waals surface area contributed by atoms with Gasteiger partial charge in [0.2, 0.25) is 0 Å². The number of carboxylic acids is 1. The van der Waals surface area contributed by atoms with Crippen LogP contribution in [0.2, 0.25) is 0 Å². The molecule has 0 spiro atoms. The lowest BCUT2D eigenvalue weighted by Gasteiger charge is -2.16. The highest BCUT2D eigenvalue weighted by Gasteiger charge is 2.19. The van der Waals surface area contributed by atoms with Crippen molar-refractivity contribution in [3.05, 3.63) is 48.3 Å². The van der Waals surface area contributed by atoms with Crippen molar-refractivity contribution in [2.45, 2.75) is 13.0 Å². The van der Waals surface area contributed by atoms with Crippen LogP contribution >= 0.6 is 0 Å². The van der Waals surface area contributed by atoms with E-state index in [1.54, 1.807) is 7.05 Å². The molecule has 0 saturated heterocycles. The van der Waals surface area contributed by atoms with Crippen molar-refractivity contribution in [3.8, 4) is 0 Å². The molecule has 6 nitrogen and oxygen atoms in total. The number of benzene rings is 1. The van der Waals surface area contributed by atoms with Crippen LogP contribution in [-0.4, -0.2) is 33.8 Å². The van der Waals surface area contributed by atoms with Crippen molar-refractivity contribution in [2.75, 3.05) is 11.9 Å². The molecular formula is C14H15N3O3. The third-order valence-electron chi connectivity index (χ3n) is 3.05. The molecule has 20 heavy (non-hydrogen) atoms. The quantitative estimate of drug-likeness (QED) is 0.921. The van der Waals surface area contributed by atoms with Gasteiger partial charge in [0.05, 0.1) is 11.8 Å². The normalized spacial score (nSPS) is 11.9. The Balaban J connectivity index is 2.20. The number of carbonyl (C=O) groups excluding carboxylic acids is 1. The van der Waals surface area contributed by atoms with Gasteiger partial charge in [0.1, 0.15) is 6.04 Å². The summed E-state index contributed by atoms with van der Waals surface area (Å²) in [5.41, 5.74) is 1.11. The van der Waals surface area contributed by atoms with Crippen LogP contribution in [0.25, 0.3) is 0 Å².